The van der Waals surface area contributed by atoms with Gasteiger partial charge in [-0.1, -0.05) is 19.3 Å². The van der Waals surface area contributed by atoms with Crippen LogP contribution in [0.2, 0.25) is 0 Å². The highest BCUT2D eigenvalue weighted by Gasteiger charge is 2.07. The Hall–Kier alpha value is -1.74. The van der Waals surface area contributed by atoms with Gasteiger partial charge < -0.3 is 20.5 Å². The van der Waals surface area contributed by atoms with Crippen molar-refractivity contribution in [2.45, 2.75) is 25.8 Å². The third kappa shape index (κ3) is 9.20. The van der Waals surface area contributed by atoms with Crippen molar-refractivity contribution < 1.29 is 19.4 Å². The van der Waals surface area contributed by atoms with E-state index in [1.54, 1.807) is 0 Å². The lowest BCUT2D eigenvalue weighted by molar-refractivity contribution is -0.142. The number of amides is 2. The molecule has 1 unspecified atom stereocenters. The Balaban J connectivity index is 3.59. The molecule has 0 rings (SSSR count). The van der Waals surface area contributed by atoms with Crippen molar-refractivity contribution in [3.63, 3.8) is 0 Å². The van der Waals surface area contributed by atoms with Gasteiger partial charge in [-0.25, -0.2) is 9.59 Å². The first-order valence-corrected chi connectivity index (χ1v) is 5.40. The summed E-state index contributed by atoms with van der Waals surface area (Å²) < 4.78 is 4.74. The average Bonchev–Trinajstić information content (AvgIpc) is 2.27. The number of carbonyl (C=O) groups excluding carboxylic acids is 1. The van der Waals surface area contributed by atoms with Crippen LogP contribution in [0.4, 0.5) is 4.79 Å². The fourth-order valence-corrected chi connectivity index (χ4v) is 1.09. The quantitative estimate of drug-likeness (QED) is 0.419. The van der Waals surface area contributed by atoms with Crippen LogP contribution in [0.15, 0.2) is 0 Å². The van der Waals surface area contributed by atoms with Crippen LogP contribution in [0.3, 0.4) is 0 Å². The van der Waals surface area contributed by atoms with Crippen LogP contribution in [0.25, 0.3) is 0 Å². The Labute approximate surface area is 101 Å². The van der Waals surface area contributed by atoms with Crippen LogP contribution in [-0.2, 0) is 9.53 Å². The number of aliphatic carboxylic acids is 1. The van der Waals surface area contributed by atoms with Crippen LogP contribution >= 0.6 is 0 Å². The van der Waals surface area contributed by atoms with Crippen LogP contribution < -0.4 is 10.6 Å². The number of urea groups is 1. The van der Waals surface area contributed by atoms with E-state index in [4.69, 9.17) is 16.3 Å². The molecule has 0 fully saturated rings. The molecule has 6 nitrogen and oxygen atoms in total. The molecule has 0 aromatic rings. The first-order chi connectivity index (χ1) is 8.10. The topological polar surface area (TPSA) is 87.7 Å². The highest BCUT2D eigenvalue weighted by atomic mass is 16.5. The van der Waals surface area contributed by atoms with Gasteiger partial charge in [0.05, 0.1) is 12.6 Å². The Morgan fingerprint density at radius 1 is 1.53 bits per heavy atom. The van der Waals surface area contributed by atoms with Crippen molar-refractivity contribution in [1.82, 2.24) is 10.6 Å². The third-order valence-electron chi connectivity index (χ3n) is 1.84. The molecule has 1 atom stereocenters. The van der Waals surface area contributed by atoms with E-state index in [1.165, 1.54) is 0 Å². The summed E-state index contributed by atoms with van der Waals surface area (Å²) in [7, 11) is 0. The minimum atomic E-state index is -1.04. The maximum absolute atomic E-state index is 11.3. The first-order valence-electron chi connectivity index (χ1n) is 5.40. The van der Waals surface area contributed by atoms with E-state index in [9.17, 15) is 9.59 Å². The number of hydrogen-bond donors (Lipinski definition) is 3. The zero-order valence-electron chi connectivity index (χ0n) is 9.86. The van der Waals surface area contributed by atoms with Gasteiger partial charge in [-0.3, -0.25) is 0 Å². The number of terminal acetylenes is 1. The van der Waals surface area contributed by atoms with Crippen LogP contribution in [0.1, 0.15) is 19.8 Å². The number of hydrogen-bond acceptors (Lipinski definition) is 3. The van der Waals surface area contributed by atoms with E-state index >= 15 is 0 Å². The van der Waals surface area contributed by atoms with Crippen molar-refractivity contribution in [2.24, 2.45) is 0 Å². The van der Waals surface area contributed by atoms with Gasteiger partial charge >= 0.3 is 12.0 Å². The third-order valence-corrected chi connectivity index (χ3v) is 1.84. The van der Waals surface area contributed by atoms with E-state index in [2.05, 4.69) is 16.6 Å². The minimum absolute atomic E-state index is 0.147. The Kier molecular flexibility index (Phi) is 8.51. The minimum Gasteiger partial charge on any atom is -0.480 e. The lowest BCUT2D eigenvalue weighted by atomic mass is 10.2. The van der Waals surface area contributed by atoms with Crippen LogP contribution in [0, 0.1) is 12.3 Å². The fraction of sp³-hybridized carbons (Fsp3) is 0.636. The number of carbonyl (C=O) groups is 2. The molecule has 96 valence electrons. The van der Waals surface area contributed by atoms with E-state index < -0.39 is 5.97 Å². The fourth-order valence-electron chi connectivity index (χ4n) is 1.09. The SMILES string of the molecule is C#CC(CCC)NC(=O)NCCOCC(=O)O. The van der Waals surface area contributed by atoms with Crippen molar-refractivity contribution in [1.29, 1.82) is 0 Å². The summed E-state index contributed by atoms with van der Waals surface area (Å²) in [5.74, 6) is 1.43. The number of nitrogens with one attached hydrogen (secondary N) is 2. The molecule has 0 aliphatic carbocycles. The molecular weight excluding hydrogens is 224 g/mol. The number of ether oxygens (including phenoxy) is 1. The lowest BCUT2D eigenvalue weighted by Gasteiger charge is -2.12. The molecule has 0 aliphatic heterocycles. The molecule has 6 heteroatoms. The van der Waals surface area contributed by atoms with Crippen LogP contribution in [-0.4, -0.2) is 42.9 Å². The molecule has 2 amide bonds. The summed E-state index contributed by atoms with van der Waals surface area (Å²) in [6.07, 6.45) is 6.84. The zero-order chi connectivity index (χ0) is 13.1. The van der Waals surface area contributed by atoms with Gasteiger partial charge in [0.25, 0.3) is 0 Å². The van der Waals surface area contributed by atoms with Gasteiger partial charge in [0, 0.05) is 6.54 Å². The van der Waals surface area contributed by atoms with Crippen molar-refractivity contribution >= 4 is 12.0 Å². The van der Waals surface area contributed by atoms with Crippen molar-refractivity contribution in [3.05, 3.63) is 0 Å². The summed E-state index contributed by atoms with van der Waals surface area (Å²) in [6, 6.07) is -0.653. The molecule has 0 bridgehead atoms. The second-order valence-corrected chi connectivity index (χ2v) is 3.35. The summed E-state index contributed by atoms with van der Waals surface area (Å²) in [5.41, 5.74) is 0. The molecule has 0 heterocycles. The lowest BCUT2D eigenvalue weighted by Crippen LogP contribution is -2.42. The van der Waals surface area contributed by atoms with Gasteiger partial charge in [-0.15, -0.1) is 6.42 Å². The first kappa shape index (κ1) is 15.3. The maximum Gasteiger partial charge on any atom is 0.329 e. The highest BCUT2D eigenvalue weighted by molar-refractivity contribution is 5.74. The van der Waals surface area contributed by atoms with E-state index in [0.29, 0.717) is 0 Å². The van der Waals surface area contributed by atoms with Crippen molar-refractivity contribution in [3.8, 4) is 12.3 Å². The van der Waals surface area contributed by atoms with E-state index in [0.717, 1.165) is 12.8 Å². The molecule has 0 spiro atoms. The van der Waals surface area contributed by atoms with Gasteiger partial charge in [-0.05, 0) is 6.42 Å². The highest BCUT2D eigenvalue weighted by Crippen LogP contribution is 1.93. The summed E-state index contributed by atoms with van der Waals surface area (Å²) in [4.78, 5) is 21.4. The molecule has 0 aromatic heterocycles. The summed E-state index contributed by atoms with van der Waals surface area (Å²) >= 11 is 0. The average molecular weight is 242 g/mol. The smallest absolute Gasteiger partial charge is 0.329 e. The maximum atomic E-state index is 11.3. The van der Waals surface area contributed by atoms with Gasteiger partial charge in [-0.2, -0.15) is 0 Å². The number of carboxylic acids is 1. The van der Waals surface area contributed by atoms with Gasteiger partial charge in [0.1, 0.15) is 6.61 Å². The van der Waals surface area contributed by atoms with E-state index in [1.807, 2.05) is 6.92 Å². The molecule has 0 aliphatic rings. The van der Waals surface area contributed by atoms with Crippen molar-refractivity contribution in [2.75, 3.05) is 19.8 Å². The monoisotopic (exact) mass is 242 g/mol. The van der Waals surface area contributed by atoms with Crippen LogP contribution in [0.5, 0.6) is 0 Å². The second kappa shape index (κ2) is 9.48. The summed E-state index contributed by atoms with van der Waals surface area (Å²) in [5, 5.41) is 13.4. The van der Waals surface area contributed by atoms with Gasteiger partial charge in [0.15, 0.2) is 0 Å². The standard InChI is InChI=1S/C11H18N2O4/c1-3-5-9(4-2)13-11(16)12-6-7-17-8-10(14)15/h2,9H,3,5-8H2,1H3,(H,14,15)(H2,12,13,16). The Bertz CT molecular complexity index is 286. The Morgan fingerprint density at radius 2 is 2.24 bits per heavy atom. The van der Waals surface area contributed by atoms with Gasteiger partial charge in [0.2, 0.25) is 0 Å². The molecule has 0 aromatic carbocycles. The molecule has 0 saturated carbocycles. The largest absolute Gasteiger partial charge is 0.480 e. The number of carboxylic acid groups (broad SMARTS) is 1. The zero-order valence-corrected chi connectivity index (χ0v) is 9.86. The summed E-state index contributed by atoms with van der Waals surface area (Å²) in [6.45, 7) is 1.99. The molecule has 0 radical (unpaired) electrons. The Morgan fingerprint density at radius 3 is 2.76 bits per heavy atom. The second-order valence-electron chi connectivity index (χ2n) is 3.35. The predicted molar refractivity (Wildman–Crippen MR) is 62.5 cm³/mol. The molecular formula is C11H18N2O4. The number of rotatable bonds is 8. The molecule has 17 heavy (non-hydrogen) atoms. The predicted octanol–water partition coefficient (Wildman–Crippen LogP) is 0.189. The van der Waals surface area contributed by atoms with E-state index in [-0.39, 0.29) is 31.8 Å². The molecule has 3 N–H and O–H groups in total. The normalized spacial score (nSPS) is 11.3. The molecule has 0 saturated heterocycles.